The number of nitrogens with zero attached hydrogens (tertiary/aromatic N) is 2. The molecule has 0 bridgehead atoms. The molecule has 0 aromatic heterocycles. The topological polar surface area (TPSA) is 59.1 Å². The molecule has 9 heteroatoms. The Morgan fingerprint density at radius 3 is 2.39 bits per heavy atom. The molecule has 0 saturated carbocycles. The summed E-state index contributed by atoms with van der Waals surface area (Å²) in [6, 6.07) is 20.0. The van der Waals surface area contributed by atoms with Crippen molar-refractivity contribution in [3.8, 4) is 5.75 Å². The molecular formula is C27H30ClFN2O4S. The van der Waals surface area contributed by atoms with Crippen LogP contribution in [0.2, 0.25) is 5.02 Å². The maximum Gasteiger partial charge on any atom is 0.246 e. The first-order valence-electron chi connectivity index (χ1n) is 11.8. The molecule has 1 aliphatic heterocycles. The van der Waals surface area contributed by atoms with E-state index in [4.69, 9.17) is 21.1 Å². The number of sulfonamides is 1. The molecule has 4 rings (SSSR count). The van der Waals surface area contributed by atoms with E-state index in [9.17, 15) is 12.8 Å². The lowest BCUT2D eigenvalue weighted by Gasteiger charge is -2.36. The first-order chi connectivity index (χ1) is 17.3. The zero-order valence-corrected chi connectivity index (χ0v) is 21.9. The zero-order valence-electron chi connectivity index (χ0n) is 20.4. The van der Waals surface area contributed by atoms with Crippen LogP contribution < -0.4 is 4.74 Å². The third-order valence-corrected chi connectivity index (χ3v) is 8.53. The Hall–Kier alpha value is -2.49. The molecule has 1 fully saturated rings. The van der Waals surface area contributed by atoms with Gasteiger partial charge in [-0.2, -0.15) is 4.31 Å². The van der Waals surface area contributed by atoms with Crippen LogP contribution in [0.5, 0.6) is 5.75 Å². The molecular weight excluding hydrogens is 503 g/mol. The van der Waals surface area contributed by atoms with Crippen molar-refractivity contribution in [1.82, 2.24) is 9.21 Å². The van der Waals surface area contributed by atoms with E-state index in [1.54, 1.807) is 7.11 Å². The SMILES string of the molecule is COc1cccc([C@H](CN2CCN(S(=O)(=O)c3cccc(Cl)c3F)CC2)OCc2ccc(C)cc2)c1. The lowest BCUT2D eigenvalue weighted by molar-refractivity contribution is 0.00762. The van der Waals surface area contributed by atoms with Gasteiger partial charge in [0, 0.05) is 32.7 Å². The molecule has 1 atom stereocenters. The van der Waals surface area contributed by atoms with E-state index in [1.807, 2.05) is 31.2 Å². The summed E-state index contributed by atoms with van der Waals surface area (Å²) in [7, 11) is -2.35. The Labute approximate surface area is 217 Å². The smallest absolute Gasteiger partial charge is 0.246 e. The maximum absolute atomic E-state index is 14.4. The van der Waals surface area contributed by atoms with Crippen LogP contribution in [0.15, 0.2) is 71.6 Å². The molecule has 3 aromatic carbocycles. The van der Waals surface area contributed by atoms with Crippen LogP contribution >= 0.6 is 11.6 Å². The van der Waals surface area contributed by atoms with E-state index in [-0.39, 0.29) is 29.1 Å². The van der Waals surface area contributed by atoms with Gasteiger partial charge >= 0.3 is 0 Å². The average molecular weight is 533 g/mol. The lowest BCUT2D eigenvalue weighted by atomic mass is 10.1. The van der Waals surface area contributed by atoms with Gasteiger partial charge in [-0.15, -0.1) is 0 Å². The predicted octanol–water partition coefficient (Wildman–Crippen LogP) is 5.06. The normalized spacial score (nSPS) is 16.1. The second-order valence-corrected chi connectivity index (χ2v) is 11.1. The van der Waals surface area contributed by atoms with Gasteiger partial charge in [-0.1, -0.05) is 59.6 Å². The van der Waals surface area contributed by atoms with E-state index in [1.165, 1.54) is 28.1 Å². The number of ether oxygens (including phenoxy) is 2. The fourth-order valence-corrected chi connectivity index (χ4v) is 5.93. The monoisotopic (exact) mass is 532 g/mol. The number of aryl methyl sites for hydroxylation is 1. The van der Waals surface area contributed by atoms with Gasteiger partial charge in [-0.25, -0.2) is 12.8 Å². The van der Waals surface area contributed by atoms with Crippen LogP contribution in [-0.2, 0) is 21.4 Å². The number of hydrogen-bond donors (Lipinski definition) is 0. The first-order valence-corrected chi connectivity index (χ1v) is 13.6. The third-order valence-electron chi connectivity index (χ3n) is 6.33. The van der Waals surface area contributed by atoms with Gasteiger partial charge < -0.3 is 9.47 Å². The van der Waals surface area contributed by atoms with Gasteiger partial charge in [-0.3, -0.25) is 4.90 Å². The van der Waals surface area contributed by atoms with Crippen molar-refractivity contribution in [2.45, 2.75) is 24.5 Å². The summed E-state index contributed by atoms with van der Waals surface area (Å²) in [6.45, 7) is 4.56. The molecule has 0 amide bonds. The molecule has 1 heterocycles. The summed E-state index contributed by atoms with van der Waals surface area (Å²) in [6.07, 6.45) is -0.241. The van der Waals surface area contributed by atoms with Crippen LogP contribution in [0, 0.1) is 12.7 Å². The minimum atomic E-state index is -3.98. The van der Waals surface area contributed by atoms with E-state index in [2.05, 4.69) is 29.2 Å². The molecule has 36 heavy (non-hydrogen) atoms. The summed E-state index contributed by atoms with van der Waals surface area (Å²) >= 11 is 5.81. The Bertz CT molecular complexity index is 1280. The first kappa shape index (κ1) is 26.6. The van der Waals surface area contributed by atoms with Crippen molar-refractivity contribution >= 4 is 21.6 Å². The van der Waals surface area contributed by atoms with Crippen molar-refractivity contribution in [3.63, 3.8) is 0 Å². The Morgan fingerprint density at radius 2 is 1.69 bits per heavy atom. The highest BCUT2D eigenvalue weighted by atomic mass is 35.5. The summed E-state index contributed by atoms with van der Waals surface area (Å²) in [4.78, 5) is 1.78. The second-order valence-electron chi connectivity index (χ2n) is 8.82. The van der Waals surface area contributed by atoms with E-state index >= 15 is 0 Å². The molecule has 3 aromatic rings. The number of halogens is 2. The minimum absolute atomic E-state index is 0.207. The van der Waals surface area contributed by atoms with Crippen LogP contribution in [0.1, 0.15) is 22.8 Å². The standard InChI is InChI=1S/C27H30ClFN2O4S/c1-20-9-11-21(12-10-20)19-35-25(22-5-3-6-23(17-22)34-2)18-30-13-15-31(16-14-30)36(32,33)26-8-4-7-24(28)27(26)29/h3-12,17,25H,13-16,18-19H2,1-2H3/t25-/m0/s1. The molecule has 0 unspecified atom stereocenters. The Kier molecular flexibility index (Phi) is 8.64. The Morgan fingerprint density at radius 1 is 1.00 bits per heavy atom. The van der Waals surface area contributed by atoms with E-state index in [0.29, 0.717) is 26.2 Å². The minimum Gasteiger partial charge on any atom is -0.497 e. The van der Waals surface area contributed by atoms with Crippen LogP contribution in [0.3, 0.4) is 0 Å². The number of hydrogen-bond acceptors (Lipinski definition) is 5. The summed E-state index contributed by atoms with van der Waals surface area (Å²) in [5, 5.41) is -0.207. The van der Waals surface area contributed by atoms with Crippen LogP contribution in [0.4, 0.5) is 4.39 Å². The van der Waals surface area contributed by atoms with Gasteiger partial charge in [0.2, 0.25) is 10.0 Å². The largest absolute Gasteiger partial charge is 0.497 e. The van der Waals surface area contributed by atoms with Crippen molar-refractivity contribution in [1.29, 1.82) is 0 Å². The zero-order chi connectivity index (χ0) is 25.7. The molecule has 0 N–H and O–H groups in total. The highest BCUT2D eigenvalue weighted by Crippen LogP contribution is 2.28. The number of piperazine rings is 1. The maximum atomic E-state index is 14.4. The lowest BCUT2D eigenvalue weighted by Crippen LogP contribution is -2.49. The number of methoxy groups -OCH3 is 1. The Balaban J connectivity index is 1.45. The van der Waals surface area contributed by atoms with Crippen molar-refractivity contribution < 1.29 is 22.3 Å². The predicted molar refractivity (Wildman–Crippen MR) is 138 cm³/mol. The van der Waals surface area contributed by atoms with Crippen molar-refractivity contribution in [3.05, 3.63) is 94.3 Å². The second kappa shape index (κ2) is 11.7. The van der Waals surface area contributed by atoms with Crippen molar-refractivity contribution in [2.75, 3.05) is 39.8 Å². The van der Waals surface area contributed by atoms with Crippen LogP contribution in [0.25, 0.3) is 0 Å². The fourth-order valence-electron chi connectivity index (χ4n) is 4.19. The summed E-state index contributed by atoms with van der Waals surface area (Å²) in [5.41, 5.74) is 3.25. The number of benzene rings is 3. The average Bonchev–Trinajstić information content (AvgIpc) is 2.89. The molecule has 0 radical (unpaired) electrons. The third kappa shape index (κ3) is 6.25. The quantitative estimate of drug-likeness (QED) is 0.385. The summed E-state index contributed by atoms with van der Waals surface area (Å²) in [5.74, 6) is -0.167. The molecule has 1 saturated heterocycles. The van der Waals surface area contributed by atoms with Gasteiger partial charge in [0.05, 0.1) is 24.8 Å². The molecule has 0 spiro atoms. The van der Waals surface area contributed by atoms with Gasteiger partial charge in [-0.05, 0) is 42.3 Å². The van der Waals surface area contributed by atoms with Crippen molar-refractivity contribution in [2.24, 2.45) is 0 Å². The van der Waals surface area contributed by atoms with Gasteiger partial charge in [0.1, 0.15) is 10.6 Å². The molecule has 1 aliphatic rings. The highest BCUT2D eigenvalue weighted by molar-refractivity contribution is 7.89. The van der Waals surface area contributed by atoms with Crippen LogP contribution in [-0.4, -0.2) is 57.5 Å². The van der Waals surface area contributed by atoms with Gasteiger partial charge in [0.15, 0.2) is 5.82 Å². The van der Waals surface area contributed by atoms with E-state index in [0.717, 1.165) is 16.9 Å². The summed E-state index contributed by atoms with van der Waals surface area (Å²) < 4.78 is 53.6. The highest BCUT2D eigenvalue weighted by Gasteiger charge is 2.32. The van der Waals surface area contributed by atoms with Gasteiger partial charge in [0.25, 0.3) is 0 Å². The fraction of sp³-hybridized carbons (Fsp3) is 0.333. The number of rotatable bonds is 9. The van der Waals surface area contributed by atoms with E-state index < -0.39 is 15.8 Å². The molecule has 192 valence electrons. The molecule has 0 aliphatic carbocycles. The molecule has 6 nitrogen and oxygen atoms in total.